The molecule has 1 aromatic carbocycles. The van der Waals surface area contributed by atoms with Crippen molar-refractivity contribution in [3.63, 3.8) is 0 Å². The third kappa shape index (κ3) is 6.22. The summed E-state index contributed by atoms with van der Waals surface area (Å²) in [5.41, 5.74) is 4.77. The van der Waals surface area contributed by atoms with Crippen molar-refractivity contribution in [2.24, 2.45) is 4.99 Å². The molecule has 2 rings (SSSR count). The van der Waals surface area contributed by atoms with Crippen molar-refractivity contribution < 1.29 is 9.59 Å². The number of carbonyl (C=O) groups is 2. The van der Waals surface area contributed by atoms with Gasteiger partial charge in [0.15, 0.2) is 0 Å². The molecule has 0 saturated carbocycles. The molecule has 2 N–H and O–H groups in total. The van der Waals surface area contributed by atoms with Crippen molar-refractivity contribution in [3.8, 4) is 0 Å². The first-order valence-electron chi connectivity index (χ1n) is 8.64. The lowest BCUT2D eigenvalue weighted by Crippen LogP contribution is -2.20. The van der Waals surface area contributed by atoms with E-state index in [4.69, 9.17) is 0 Å². The summed E-state index contributed by atoms with van der Waals surface area (Å²) in [5, 5.41) is 9.67. The standard InChI is InChI=1S/C20H25N5O2/c1-13(2)10-16(5)21-12-19(26)23-18-11-17(7-6-14(18)3)22-20(27)25-9-8-15(4)24-25/h6-11H,12H2,1-5H3,(H,22,27)(H,23,26)/b21-16-. The summed E-state index contributed by atoms with van der Waals surface area (Å²) in [5.74, 6) is -0.217. The zero-order valence-electron chi connectivity index (χ0n) is 16.3. The van der Waals surface area contributed by atoms with Crippen LogP contribution in [0.25, 0.3) is 0 Å². The number of amides is 2. The van der Waals surface area contributed by atoms with Gasteiger partial charge in [0.1, 0.15) is 6.54 Å². The van der Waals surface area contributed by atoms with Crippen molar-refractivity contribution in [2.75, 3.05) is 17.2 Å². The lowest BCUT2D eigenvalue weighted by molar-refractivity contribution is -0.114. The van der Waals surface area contributed by atoms with Crippen molar-refractivity contribution >= 4 is 29.0 Å². The quantitative estimate of drug-likeness (QED) is 0.784. The molecule has 142 valence electrons. The van der Waals surface area contributed by atoms with Gasteiger partial charge >= 0.3 is 6.03 Å². The van der Waals surface area contributed by atoms with Crippen LogP contribution in [0.5, 0.6) is 0 Å². The van der Waals surface area contributed by atoms with Crippen LogP contribution in [-0.2, 0) is 4.79 Å². The fraction of sp³-hybridized carbons (Fsp3) is 0.300. The number of nitrogens with zero attached hydrogens (tertiary/aromatic N) is 3. The van der Waals surface area contributed by atoms with Crippen molar-refractivity contribution in [1.82, 2.24) is 9.78 Å². The molecule has 2 amide bonds. The van der Waals surface area contributed by atoms with Crippen LogP contribution in [0.1, 0.15) is 32.0 Å². The third-order valence-corrected chi connectivity index (χ3v) is 3.66. The number of nitrogens with one attached hydrogen (secondary N) is 2. The number of hydrogen-bond acceptors (Lipinski definition) is 4. The number of aliphatic imine (C=N–C) groups is 1. The Bertz CT molecular complexity index is 905. The lowest BCUT2D eigenvalue weighted by Gasteiger charge is -2.11. The van der Waals surface area contributed by atoms with E-state index in [-0.39, 0.29) is 18.5 Å². The first kappa shape index (κ1) is 20.1. The van der Waals surface area contributed by atoms with Crippen LogP contribution < -0.4 is 10.6 Å². The van der Waals surface area contributed by atoms with Crippen molar-refractivity contribution in [3.05, 3.63) is 53.4 Å². The van der Waals surface area contributed by atoms with Gasteiger partial charge in [-0.05, 0) is 64.5 Å². The Hall–Kier alpha value is -3.22. The molecular weight excluding hydrogens is 342 g/mol. The van der Waals surface area contributed by atoms with E-state index in [2.05, 4.69) is 20.7 Å². The summed E-state index contributed by atoms with van der Waals surface area (Å²) < 4.78 is 1.23. The molecule has 0 aliphatic carbocycles. The second-order valence-corrected chi connectivity index (χ2v) is 6.59. The van der Waals surface area contributed by atoms with Gasteiger partial charge in [0.25, 0.3) is 0 Å². The Morgan fingerprint density at radius 3 is 2.52 bits per heavy atom. The summed E-state index contributed by atoms with van der Waals surface area (Å²) in [6.45, 7) is 9.55. The number of allylic oxidation sites excluding steroid dienone is 2. The largest absolute Gasteiger partial charge is 0.346 e. The zero-order valence-corrected chi connectivity index (χ0v) is 16.3. The van der Waals surface area contributed by atoms with Crippen molar-refractivity contribution in [1.29, 1.82) is 0 Å². The molecule has 0 spiro atoms. The number of benzene rings is 1. The molecular formula is C20H25N5O2. The highest BCUT2D eigenvalue weighted by Crippen LogP contribution is 2.20. The smallest absolute Gasteiger partial charge is 0.324 e. The van der Waals surface area contributed by atoms with E-state index in [1.54, 1.807) is 24.4 Å². The molecule has 1 aromatic heterocycles. The number of anilines is 2. The van der Waals surface area contributed by atoms with Crippen LogP contribution in [0.15, 0.2) is 47.1 Å². The van der Waals surface area contributed by atoms with Crippen LogP contribution in [0.2, 0.25) is 0 Å². The van der Waals surface area contributed by atoms with Crippen LogP contribution in [0.4, 0.5) is 16.2 Å². The van der Waals surface area contributed by atoms with Gasteiger partial charge in [-0.2, -0.15) is 9.78 Å². The fourth-order valence-corrected chi connectivity index (χ4v) is 2.39. The molecule has 7 nitrogen and oxygen atoms in total. The highest BCUT2D eigenvalue weighted by molar-refractivity contribution is 5.98. The molecule has 0 atom stereocenters. The van der Waals surface area contributed by atoms with E-state index in [0.717, 1.165) is 22.5 Å². The molecule has 0 radical (unpaired) electrons. The minimum absolute atomic E-state index is 0.0399. The van der Waals surface area contributed by atoms with Crippen LogP contribution in [0.3, 0.4) is 0 Å². The number of hydrogen-bond donors (Lipinski definition) is 2. The molecule has 27 heavy (non-hydrogen) atoms. The van der Waals surface area contributed by atoms with E-state index >= 15 is 0 Å². The fourth-order valence-electron chi connectivity index (χ4n) is 2.39. The van der Waals surface area contributed by atoms with Gasteiger partial charge in [-0.25, -0.2) is 4.79 Å². The second kappa shape index (κ2) is 8.93. The predicted octanol–water partition coefficient (Wildman–Crippen LogP) is 3.95. The SMILES string of the molecule is CC(C)=C/C(C)=N\CC(=O)Nc1cc(NC(=O)n2ccc(C)n2)ccc1C. The maximum absolute atomic E-state index is 12.2. The van der Waals surface area contributed by atoms with Gasteiger partial charge in [-0.15, -0.1) is 0 Å². The molecule has 0 saturated heterocycles. The Morgan fingerprint density at radius 2 is 1.89 bits per heavy atom. The monoisotopic (exact) mass is 367 g/mol. The van der Waals surface area contributed by atoms with E-state index < -0.39 is 0 Å². The third-order valence-electron chi connectivity index (χ3n) is 3.66. The van der Waals surface area contributed by atoms with Gasteiger partial charge in [0.05, 0.1) is 5.69 Å². The summed E-state index contributed by atoms with van der Waals surface area (Å²) in [7, 11) is 0. The lowest BCUT2D eigenvalue weighted by atomic mass is 10.1. The molecule has 1 heterocycles. The number of rotatable bonds is 5. The average Bonchev–Trinajstić information content (AvgIpc) is 3.02. The Kier molecular flexibility index (Phi) is 6.65. The number of carbonyl (C=O) groups excluding carboxylic acids is 2. The van der Waals surface area contributed by atoms with Gasteiger partial charge in [0, 0.05) is 23.3 Å². The summed E-state index contributed by atoms with van der Waals surface area (Å²) >= 11 is 0. The molecule has 7 heteroatoms. The van der Waals surface area contributed by atoms with Crippen LogP contribution in [-0.4, -0.2) is 34.0 Å². The Labute approximate surface area is 159 Å². The topological polar surface area (TPSA) is 88.4 Å². The summed E-state index contributed by atoms with van der Waals surface area (Å²) in [4.78, 5) is 28.6. The summed E-state index contributed by atoms with van der Waals surface area (Å²) in [6.07, 6.45) is 3.51. The first-order chi connectivity index (χ1) is 12.7. The zero-order chi connectivity index (χ0) is 20.0. The van der Waals surface area contributed by atoms with Gasteiger partial charge in [-0.3, -0.25) is 9.79 Å². The highest BCUT2D eigenvalue weighted by Gasteiger charge is 2.09. The number of aryl methyl sites for hydroxylation is 2. The van der Waals surface area contributed by atoms with Crippen molar-refractivity contribution in [2.45, 2.75) is 34.6 Å². The average molecular weight is 367 g/mol. The molecule has 0 unspecified atom stereocenters. The van der Waals surface area contributed by atoms with Crippen LogP contribution >= 0.6 is 0 Å². The Balaban J connectivity index is 2.05. The van der Waals surface area contributed by atoms with Crippen LogP contribution in [0, 0.1) is 13.8 Å². The van der Waals surface area contributed by atoms with Gasteiger partial charge < -0.3 is 10.6 Å². The molecule has 2 aromatic rings. The van der Waals surface area contributed by atoms with E-state index in [1.165, 1.54) is 4.68 Å². The number of aromatic nitrogens is 2. The van der Waals surface area contributed by atoms with Gasteiger partial charge in [-0.1, -0.05) is 11.6 Å². The van der Waals surface area contributed by atoms with E-state index in [1.807, 2.05) is 46.8 Å². The minimum Gasteiger partial charge on any atom is -0.324 e. The summed E-state index contributed by atoms with van der Waals surface area (Å²) in [6, 6.07) is 6.70. The molecule has 0 fully saturated rings. The normalized spacial score (nSPS) is 11.1. The second-order valence-electron chi connectivity index (χ2n) is 6.59. The van der Waals surface area contributed by atoms with E-state index in [9.17, 15) is 9.59 Å². The molecule has 0 aliphatic rings. The predicted molar refractivity (Wildman–Crippen MR) is 109 cm³/mol. The Morgan fingerprint density at radius 1 is 1.15 bits per heavy atom. The molecule has 0 bridgehead atoms. The maximum Gasteiger partial charge on any atom is 0.346 e. The minimum atomic E-state index is -0.369. The van der Waals surface area contributed by atoms with Gasteiger partial charge in [0.2, 0.25) is 5.91 Å². The van der Waals surface area contributed by atoms with E-state index in [0.29, 0.717) is 11.4 Å². The highest BCUT2D eigenvalue weighted by atomic mass is 16.2. The maximum atomic E-state index is 12.2. The first-order valence-corrected chi connectivity index (χ1v) is 8.64. The molecule has 0 aliphatic heterocycles.